The Morgan fingerprint density at radius 1 is 0.864 bits per heavy atom. The number of sulfonamides is 1. The second-order valence-electron chi connectivity index (χ2n) is 14.6. The zero-order chi connectivity index (χ0) is 42.4. The van der Waals surface area contributed by atoms with E-state index in [0.29, 0.717) is 41.4 Å². The molecular formula is C45H54Cl2N6O5S. The molecule has 0 aliphatic rings. The summed E-state index contributed by atoms with van der Waals surface area (Å²) in [6.07, 6.45) is 10.9. The first-order chi connectivity index (χ1) is 28.4. The number of aliphatic hydroxyl groups excluding tert-OH is 1. The first kappa shape index (κ1) is 45.3. The standard InChI is InChI=1S/C45H54Cl2N6O5S/c1-4-6-7-8-9-10-11-12-13-17-28-59(57,58)51-34-21-23-38(47)41(31-34)50-44(55)42(48-39-25-22-36(29-32(39)3)52(5-2)26-27-54)43-49-40-24-20-33(46)30-37(40)45(56)53(43)35-18-15-14-16-19-35/h14-16,18-25,29-31,51,54H,4-13,17,26-28H2,1-3H3,(H,50,55). The number of fused-ring (bicyclic) bond motifs is 1. The molecule has 5 rings (SSSR count). The van der Waals surface area contributed by atoms with Crippen LogP contribution in [0.4, 0.5) is 22.7 Å². The van der Waals surface area contributed by atoms with Crippen molar-refractivity contribution in [2.75, 3.05) is 40.4 Å². The minimum atomic E-state index is -3.69. The number of aryl methyl sites for hydroxylation is 1. The molecule has 4 aromatic carbocycles. The minimum Gasteiger partial charge on any atom is -0.395 e. The number of aromatic nitrogens is 2. The highest BCUT2D eigenvalue weighted by atomic mass is 35.5. The Balaban J connectivity index is 1.47. The van der Waals surface area contributed by atoms with E-state index in [1.54, 1.807) is 42.5 Å². The molecule has 0 atom stereocenters. The van der Waals surface area contributed by atoms with E-state index in [9.17, 15) is 23.1 Å². The molecule has 0 aliphatic heterocycles. The van der Waals surface area contributed by atoms with Crippen molar-refractivity contribution in [3.8, 4) is 5.69 Å². The van der Waals surface area contributed by atoms with Gasteiger partial charge in [-0.05, 0) is 92.6 Å². The van der Waals surface area contributed by atoms with Crippen LogP contribution in [-0.4, -0.2) is 60.1 Å². The molecule has 0 bridgehead atoms. The average molecular weight is 862 g/mol. The Hall–Kier alpha value is -4.75. The number of halogens is 2. The van der Waals surface area contributed by atoms with Gasteiger partial charge in [0.05, 0.1) is 51.0 Å². The van der Waals surface area contributed by atoms with Gasteiger partial charge >= 0.3 is 0 Å². The van der Waals surface area contributed by atoms with E-state index < -0.39 is 21.5 Å². The van der Waals surface area contributed by atoms with Crippen molar-refractivity contribution in [1.82, 2.24) is 9.55 Å². The number of amides is 1. The third-order valence-corrected chi connectivity index (χ3v) is 12.0. The van der Waals surface area contributed by atoms with Gasteiger partial charge in [-0.15, -0.1) is 0 Å². The molecule has 0 saturated heterocycles. The summed E-state index contributed by atoms with van der Waals surface area (Å²) in [4.78, 5) is 40.7. The number of benzene rings is 4. The SMILES string of the molecule is CCCCCCCCCCCCS(=O)(=O)Nc1ccc(Cl)c(NC(=O)C(=Nc2ccc(N(CC)CCO)cc2C)c2nc3ccc(Cl)cc3c(=O)n2-c2ccccc2)c1. The van der Waals surface area contributed by atoms with Crippen molar-refractivity contribution in [3.05, 3.63) is 117 Å². The molecule has 59 heavy (non-hydrogen) atoms. The maximum absolute atomic E-state index is 14.6. The van der Waals surface area contributed by atoms with Crippen LogP contribution in [0.3, 0.4) is 0 Å². The Morgan fingerprint density at radius 3 is 2.22 bits per heavy atom. The van der Waals surface area contributed by atoms with Gasteiger partial charge < -0.3 is 15.3 Å². The van der Waals surface area contributed by atoms with Gasteiger partial charge in [-0.2, -0.15) is 0 Å². The molecule has 0 aliphatic carbocycles. The molecule has 3 N–H and O–H groups in total. The molecule has 14 heteroatoms. The zero-order valence-electron chi connectivity index (χ0n) is 34.0. The Morgan fingerprint density at radius 2 is 1.56 bits per heavy atom. The third-order valence-electron chi connectivity index (χ3n) is 10.1. The fourth-order valence-electron chi connectivity index (χ4n) is 6.88. The molecule has 1 amide bonds. The molecule has 0 saturated carbocycles. The second kappa shape index (κ2) is 22.0. The van der Waals surface area contributed by atoms with Gasteiger partial charge in [0.15, 0.2) is 11.5 Å². The number of aliphatic imine (C=N–C) groups is 1. The van der Waals surface area contributed by atoms with Gasteiger partial charge in [-0.25, -0.2) is 18.4 Å². The minimum absolute atomic E-state index is 0.0163. The maximum Gasteiger partial charge on any atom is 0.278 e. The van der Waals surface area contributed by atoms with Crippen molar-refractivity contribution in [2.24, 2.45) is 4.99 Å². The lowest BCUT2D eigenvalue weighted by molar-refractivity contribution is -0.110. The summed E-state index contributed by atoms with van der Waals surface area (Å²) in [6.45, 7) is 7.14. The lowest BCUT2D eigenvalue weighted by Gasteiger charge is -2.22. The summed E-state index contributed by atoms with van der Waals surface area (Å²) < 4.78 is 30.2. The molecule has 0 unspecified atom stereocenters. The Bertz CT molecular complexity index is 2410. The molecule has 5 aromatic rings. The summed E-state index contributed by atoms with van der Waals surface area (Å²) in [7, 11) is -3.69. The smallest absolute Gasteiger partial charge is 0.278 e. The predicted molar refractivity (Wildman–Crippen MR) is 244 cm³/mol. The van der Waals surface area contributed by atoms with Crippen molar-refractivity contribution < 1.29 is 18.3 Å². The summed E-state index contributed by atoms with van der Waals surface area (Å²) in [6, 6.07) is 23.6. The Labute approximate surface area is 357 Å². The molecule has 0 spiro atoms. The van der Waals surface area contributed by atoms with Gasteiger partial charge in [0.2, 0.25) is 10.0 Å². The number of para-hydroxylation sites is 1. The number of nitrogens with zero attached hydrogens (tertiary/aromatic N) is 4. The number of likely N-dealkylation sites (N-methyl/N-ethyl adjacent to an activating group) is 1. The molecule has 314 valence electrons. The number of hydrogen-bond donors (Lipinski definition) is 3. The topological polar surface area (TPSA) is 146 Å². The van der Waals surface area contributed by atoms with E-state index in [1.807, 2.05) is 36.9 Å². The normalized spacial score (nSPS) is 11.9. The summed E-state index contributed by atoms with van der Waals surface area (Å²) in [5.74, 6) is -0.827. The van der Waals surface area contributed by atoms with Gasteiger partial charge in [-0.3, -0.25) is 18.9 Å². The second-order valence-corrected chi connectivity index (χ2v) is 17.2. The van der Waals surface area contributed by atoms with E-state index >= 15 is 0 Å². The van der Waals surface area contributed by atoms with Crippen LogP contribution in [-0.2, 0) is 14.8 Å². The highest BCUT2D eigenvalue weighted by molar-refractivity contribution is 7.92. The Kier molecular flexibility index (Phi) is 16.9. The highest BCUT2D eigenvalue weighted by Gasteiger charge is 2.25. The van der Waals surface area contributed by atoms with Crippen molar-refractivity contribution >= 4 is 78.5 Å². The van der Waals surface area contributed by atoms with Crippen LogP contribution in [0.2, 0.25) is 10.0 Å². The van der Waals surface area contributed by atoms with E-state index in [2.05, 4.69) is 17.0 Å². The van der Waals surface area contributed by atoms with Gasteiger partial charge in [0, 0.05) is 23.8 Å². The first-order valence-corrected chi connectivity index (χ1v) is 22.8. The van der Waals surface area contributed by atoms with Gasteiger partial charge in [-0.1, -0.05) is 106 Å². The number of anilines is 3. The molecule has 0 radical (unpaired) electrons. The monoisotopic (exact) mass is 860 g/mol. The number of nitrogens with one attached hydrogen (secondary N) is 2. The fourth-order valence-corrected chi connectivity index (χ4v) is 8.39. The summed E-state index contributed by atoms with van der Waals surface area (Å²) in [5, 5.41) is 13.2. The van der Waals surface area contributed by atoms with Crippen LogP contribution in [0, 0.1) is 6.92 Å². The van der Waals surface area contributed by atoms with E-state index in [4.69, 9.17) is 33.2 Å². The number of rotatable bonds is 22. The number of hydrogen-bond acceptors (Lipinski definition) is 8. The lowest BCUT2D eigenvalue weighted by Crippen LogP contribution is -2.33. The van der Waals surface area contributed by atoms with E-state index in [0.717, 1.165) is 30.5 Å². The van der Waals surface area contributed by atoms with Crippen molar-refractivity contribution in [3.63, 3.8) is 0 Å². The fraction of sp³-hybridized carbons (Fsp3) is 0.378. The summed E-state index contributed by atoms with van der Waals surface area (Å²) in [5.41, 5.74) is 2.44. The number of unbranched alkanes of at least 4 members (excludes halogenated alkanes) is 9. The van der Waals surface area contributed by atoms with Crippen LogP contribution in [0.25, 0.3) is 16.6 Å². The molecule has 1 heterocycles. The number of aliphatic hydroxyl groups is 1. The third kappa shape index (κ3) is 12.6. The van der Waals surface area contributed by atoms with E-state index in [1.165, 1.54) is 67.4 Å². The van der Waals surface area contributed by atoms with E-state index in [-0.39, 0.29) is 45.7 Å². The molecule has 11 nitrogen and oxygen atoms in total. The van der Waals surface area contributed by atoms with Crippen LogP contribution in [0.5, 0.6) is 0 Å². The van der Waals surface area contributed by atoms with Crippen molar-refractivity contribution in [2.45, 2.75) is 85.0 Å². The maximum atomic E-state index is 14.6. The first-order valence-electron chi connectivity index (χ1n) is 20.4. The number of carbonyl (C=O) groups excluding carboxylic acids is 1. The van der Waals surface area contributed by atoms with Crippen LogP contribution >= 0.6 is 23.2 Å². The molecule has 1 aromatic heterocycles. The molecule has 0 fully saturated rings. The summed E-state index contributed by atoms with van der Waals surface area (Å²) >= 11 is 12.9. The zero-order valence-corrected chi connectivity index (χ0v) is 36.3. The van der Waals surface area contributed by atoms with Crippen LogP contribution in [0.1, 0.15) is 89.4 Å². The quantitative estimate of drug-likeness (QED) is 0.0464. The van der Waals surface area contributed by atoms with Crippen molar-refractivity contribution in [1.29, 1.82) is 0 Å². The average Bonchev–Trinajstić information content (AvgIpc) is 3.21. The largest absolute Gasteiger partial charge is 0.395 e. The van der Waals surface area contributed by atoms with Gasteiger partial charge in [0.1, 0.15) is 0 Å². The number of carbonyl (C=O) groups is 1. The molecular weight excluding hydrogens is 808 g/mol. The van der Waals surface area contributed by atoms with Crippen LogP contribution < -0.4 is 20.5 Å². The highest BCUT2D eigenvalue weighted by Crippen LogP contribution is 2.29. The predicted octanol–water partition coefficient (Wildman–Crippen LogP) is 10.2. The van der Waals surface area contributed by atoms with Crippen LogP contribution in [0.15, 0.2) is 94.7 Å². The van der Waals surface area contributed by atoms with Gasteiger partial charge in [0.25, 0.3) is 11.5 Å². The lowest BCUT2D eigenvalue weighted by atomic mass is 10.1.